The zero-order chi connectivity index (χ0) is 13.1. The Morgan fingerprint density at radius 3 is 2.50 bits per heavy atom. The van der Waals surface area contributed by atoms with E-state index in [1.165, 1.54) is 24.8 Å². The van der Waals surface area contributed by atoms with Gasteiger partial charge in [-0.15, -0.1) is 0 Å². The zero-order valence-corrected chi connectivity index (χ0v) is 12.0. The Morgan fingerprint density at radius 2 is 1.94 bits per heavy atom. The third-order valence-electron chi connectivity index (χ3n) is 6.44. The van der Waals surface area contributed by atoms with Gasteiger partial charge in [-0.2, -0.15) is 0 Å². The SMILES string of the molecule is Cc1cccc(C2CC3CCC2(C)C3(C)C)c1O. The molecule has 0 aromatic heterocycles. The first kappa shape index (κ1) is 12.1. The molecule has 0 amide bonds. The van der Waals surface area contributed by atoms with E-state index < -0.39 is 0 Å². The van der Waals surface area contributed by atoms with E-state index in [9.17, 15) is 5.11 Å². The number of fused-ring (bicyclic) bond motifs is 2. The second kappa shape index (κ2) is 3.53. The van der Waals surface area contributed by atoms with E-state index in [0.717, 1.165) is 11.5 Å². The predicted molar refractivity (Wildman–Crippen MR) is 74.8 cm³/mol. The van der Waals surface area contributed by atoms with Gasteiger partial charge < -0.3 is 5.11 Å². The summed E-state index contributed by atoms with van der Waals surface area (Å²) in [7, 11) is 0. The number of hydrogen-bond acceptors (Lipinski definition) is 1. The van der Waals surface area contributed by atoms with E-state index in [2.05, 4.69) is 32.9 Å². The molecule has 2 aliphatic carbocycles. The van der Waals surface area contributed by atoms with Gasteiger partial charge in [-0.1, -0.05) is 39.0 Å². The van der Waals surface area contributed by atoms with Crippen LogP contribution in [0.5, 0.6) is 5.75 Å². The number of rotatable bonds is 1. The van der Waals surface area contributed by atoms with E-state index in [1.807, 2.05) is 13.0 Å². The summed E-state index contributed by atoms with van der Waals surface area (Å²) in [6.07, 6.45) is 3.93. The Labute approximate surface area is 110 Å². The van der Waals surface area contributed by atoms with Gasteiger partial charge in [0, 0.05) is 0 Å². The third-order valence-corrected chi connectivity index (χ3v) is 6.44. The number of aryl methyl sites for hydroxylation is 1. The van der Waals surface area contributed by atoms with Crippen LogP contribution in [-0.2, 0) is 0 Å². The molecule has 1 N–H and O–H groups in total. The van der Waals surface area contributed by atoms with Crippen LogP contribution in [0.15, 0.2) is 18.2 Å². The Kier molecular flexibility index (Phi) is 2.36. The first-order valence-corrected chi connectivity index (χ1v) is 7.16. The average Bonchev–Trinajstić information content (AvgIpc) is 2.65. The van der Waals surface area contributed by atoms with Gasteiger partial charge in [0.2, 0.25) is 0 Å². The highest BCUT2D eigenvalue weighted by atomic mass is 16.3. The molecule has 2 fully saturated rings. The molecule has 0 radical (unpaired) electrons. The number of para-hydroxylation sites is 1. The van der Waals surface area contributed by atoms with Gasteiger partial charge in [0.25, 0.3) is 0 Å². The summed E-state index contributed by atoms with van der Waals surface area (Å²) in [6, 6.07) is 6.22. The minimum Gasteiger partial charge on any atom is -0.507 e. The minimum atomic E-state index is 0.350. The fraction of sp³-hybridized carbons (Fsp3) is 0.647. The smallest absolute Gasteiger partial charge is 0.121 e. The highest BCUT2D eigenvalue weighted by Gasteiger charge is 2.61. The van der Waals surface area contributed by atoms with Crippen LogP contribution in [0.2, 0.25) is 0 Å². The lowest BCUT2D eigenvalue weighted by atomic mass is 9.65. The Hall–Kier alpha value is -0.980. The van der Waals surface area contributed by atoms with E-state index in [-0.39, 0.29) is 0 Å². The highest BCUT2D eigenvalue weighted by molar-refractivity contribution is 5.44. The van der Waals surface area contributed by atoms with Crippen LogP contribution < -0.4 is 0 Å². The molecular weight excluding hydrogens is 220 g/mol. The first-order chi connectivity index (χ1) is 8.38. The van der Waals surface area contributed by atoms with E-state index in [0.29, 0.717) is 22.5 Å². The Bertz CT molecular complexity index is 488. The largest absolute Gasteiger partial charge is 0.507 e. The molecule has 0 spiro atoms. The van der Waals surface area contributed by atoms with Gasteiger partial charge in [0.15, 0.2) is 0 Å². The lowest BCUT2D eigenvalue weighted by molar-refractivity contribution is 0.133. The molecular formula is C17H24O. The zero-order valence-electron chi connectivity index (χ0n) is 12.0. The Morgan fingerprint density at radius 1 is 1.22 bits per heavy atom. The van der Waals surface area contributed by atoms with Gasteiger partial charge in [0.1, 0.15) is 5.75 Å². The van der Waals surface area contributed by atoms with Crippen molar-refractivity contribution >= 4 is 0 Å². The van der Waals surface area contributed by atoms with Crippen molar-refractivity contribution in [1.29, 1.82) is 0 Å². The summed E-state index contributed by atoms with van der Waals surface area (Å²) in [4.78, 5) is 0. The maximum atomic E-state index is 10.4. The molecule has 3 rings (SSSR count). The van der Waals surface area contributed by atoms with Crippen molar-refractivity contribution in [2.75, 3.05) is 0 Å². The molecule has 2 aliphatic rings. The van der Waals surface area contributed by atoms with Crippen LogP contribution in [0, 0.1) is 23.7 Å². The molecule has 0 aliphatic heterocycles. The van der Waals surface area contributed by atoms with Crippen LogP contribution in [0.3, 0.4) is 0 Å². The van der Waals surface area contributed by atoms with E-state index in [4.69, 9.17) is 0 Å². The second-order valence-electron chi connectivity index (χ2n) is 7.18. The van der Waals surface area contributed by atoms with Crippen LogP contribution in [0.25, 0.3) is 0 Å². The maximum Gasteiger partial charge on any atom is 0.121 e. The molecule has 1 aromatic rings. The van der Waals surface area contributed by atoms with E-state index >= 15 is 0 Å². The standard InChI is InChI=1S/C17H24O/c1-11-6-5-7-13(15(11)18)14-10-12-8-9-17(14,4)16(12,2)3/h5-7,12,14,18H,8-10H2,1-4H3. The molecule has 1 aromatic carbocycles. The molecule has 2 saturated carbocycles. The lowest BCUT2D eigenvalue weighted by Crippen LogP contribution is -2.31. The van der Waals surface area contributed by atoms with Gasteiger partial charge in [0.05, 0.1) is 0 Å². The highest BCUT2D eigenvalue weighted by Crippen LogP contribution is 2.71. The van der Waals surface area contributed by atoms with Crippen LogP contribution in [-0.4, -0.2) is 5.11 Å². The summed E-state index contributed by atoms with van der Waals surface area (Å²) < 4.78 is 0. The molecule has 3 atom stereocenters. The maximum absolute atomic E-state index is 10.4. The summed E-state index contributed by atoms with van der Waals surface area (Å²) in [6.45, 7) is 9.29. The van der Waals surface area contributed by atoms with E-state index in [1.54, 1.807) is 0 Å². The number of phenols is 1. The molecule has 1 heteroatoms. The third kappa shape index (κ3) is 1.28. The summed E-state index contributed by atoms with van der Waals surface area (Å²) in [5.41, 5.74) is 2.96. The first-order valence-electron chi connectivity index (χ1n) is 7.16. The average molecular weight is 244 g/mol. The molecule has 18 heavy (non-hydrogen) atoms. The minimum absolute atomic E-state index is 0.350. The van der Waals surface area contributed by atoms with Crippen molar-refractivity contribution in [2.45, 2.75) is 52.9 Å². The van der Waals surface area contributed by atoms with Crippen molar-refractivity contribution in [3.05, 3.63) is 29.3 Å². The number of hydrogen-bond donors (Lipinski definition) is 1. The molecule has 0 saturated heterocycles. The molecule has 3 unspecified atom stereocenters. The quantitative estimate of drug-likeness (QED) is 0.763. The fourth-order valence-electron chi connectivity index (χ4n) is 4.64. The number of benzene rings is 1. The Balaban J connectivity index is 2.08. The van der Waals surface area contributed by atoms with Crippen molar-refractivity contribution in [1.82, 2.24) is 0 Å². The van der Waals surface area contributed by atoms with Gasteiger partial charge in [-0.25, -0.2) is 0 Å². The predicted octanol–water partition coefficient (Wildman–Crippen LogP) is 4.63. The van der Waals surface area contributed by atoms with Crippen LogP contribution in [0.1, 0.15) is 57.1 Å². The summed E-state index contributed by atoms with van der Waals surface area (Å²) in [5, 5.41) is 10.4. The normalized spacial score (nSPS) is 37.1. The van der Waals surface area contributed by atoms with Crippen molar-refractivity contribution in [2.24, 2.45) is 16.7 Å². The van der Waals surface area contributed by atoms with Gasteiger partial charge >= 0.3 is 0 Å². The van der Waals surface area contributed by atoms with Gasteiger partial charge in [-0.3, -0.25) is 0 Å². The van der Waals surface area contributed by atoms with Gasteiger partial charge in [-0.05, 0) is 60.0 Å². The van der Waals surface area contributed by atoms with Crippen molar-refractivity contribution in [3.8, 4) is 5.75 Å². The van der Waals surface area contributed by atoms with Crippen molar-refractivity contribution in [3.63, 3.8) is 0 Å². The second-order valence-corrected chi connectivity index (χ2v) is 7.18. The van der Waals surface area contributed by atoms with Crippen molar-refractivity contribution < 1.29 is 5.11 Å². The molecule has 98 valence electrons. The monoisotopic (exact) mass is 244 g/mol. The number of aromatic hydroxyl groups is 1. The molecule has 0 heterocycles. The summed E-state index contributed by atoms with van der Waals surface area (Å²) in [5.74, 6) is 1.89. The molecule has 2 bridgehead atoms. The number of phenolic OH excluding ortho intramolecular Hbond substituents is 1. The fourth-order valence-corrected chi connectivity index (χ4v) is 4.64. The lowest BCUT2D eigenvalue weighted by Gasteiger charge is -2.39. The summed E-state index contributed by atoms with van der Waals surface area (Å²) >= 11 is 0. The topological polar surface area (TPSA) is 20.2 Å². The van der Waals surface area contributed by atoms with Crippen LogP contribution in [0.4, 0.5) is 0 Å². The van der Waals surface area contributed by atoms with Crippen LogP contribution >= 0.6 is 0 Å². The molecule has 1 nitrogen and oxygen atoms in total.